The first-order chi connectivity index (χ1) is 6.21. The van der Waals surface area contributed by atoms with Gasteiger partial charge in [-0.15, -0.1) is 0 Å². The van der Waals surface area contributed by atoms with E-state index in [0.717, 1.165) is 19.3 Å². The first-order valence-electron chi connectivity index (χ1n) is 5.72. The lowest BCUT2D eigenvalue weighted by Crippen LogP contribution is -2.30. The molecule has 0 aliphatic heterocycles. The molecule has 1 nitrogen and oxygen atoms in total. The molecule has 0 bridgehead atoms. The standard InChI is InChI=1S/C10H18O.C2H6/c1-3-10(9(2)11)7-5-4-6-8-10;1-2/h3-8H2,1-2H3;1-2H3. The lowest BCUT2D eigenvalue weighted by molar-refractivity contribution is -0.128. The van der Waals surface area contributed by atoms with E-state index < -0.39 is 0 Å². The van der Waals surface area contributed by atoms with E-state index in [1.807, 2.05) is 13.8 Å². The molecule has 1 heteroatoms. The topological polar surface area (TPSA) is 17.1 Å². The lowest BCUT2D eigenvalue weighted by Gasteiger charge is -2.33. The maximum absolute atomic E-state index is 11.4. The Hall–Kier alpha value is -0.330. The van der Waals surface area contributed by atoms with Crippen LogP contribution in [-0.4, -0.2) is 5.78 Å². The van der Waals surface area contributed by atoms with Crippen LogP contribution in [0.15, 0.2) is 0 Å². The van der Waals surface area contributed by atoms with Crippen molar-refractivity contribution in [2.45, 2.75) is 66.2 Å². The van der Waals surface area contributed by atoms with E-state index in [2.05, 4.69) is 6.92 Å². The maximum Gasteiger partial charge on any atom is 0.135 e. The van der Waals surface area contributed by atoms with Gasteiger partial charge in [0.25, 0.3) is 0 Å². The Kier molecular flexibility index (Phi) is 6.02. The second-order valence-corrected chi connectivity index (χ2v) is 3.75. The molecular formula is C12H24O. The molecule has 1 aliphatic carbocycles. The molecule has 0 N–H and O–H groups in total. The Morgan fingerprint density at radius 3 is 1.85 bits per heavy atom. The third-order valence-corrected chi connectivity index (χ3v) is 3.23. The summed E-state index contributed by atoms with van der Waals surface area (Å²) in [6.07, 6.45) is 7.16. The molecule has 78 valence electrons. The predicted octanol–water partition coefficient (Wildman–Crippen LogP) is 3.96. The summed E-state index contributed by atoms with van der Waals surface area (Å²) in [5, 5.41) is 0. The first kappa shape index (κ1) is 12.7. The summed E-state index contributed by atoms with van der Waals surface area (Å²) in [4.78, 5) is 11.4. The maximum atomic E-state index is 11.4. The minimum atomic E-state index is 0.0816. The molecular weight excluding hydrogens is 160 g/mol. The van der Waals surface area contributed by atoms with Gasteiger partial charge >= 0.3 is 0 Å². The van der Waals surface area contributed by atoms with E-state index in [0.29, 0.717) is 5.78 Å². The summed E-state index contributed by atoms with van der Waals surface area (Å²) in [6, 6.07) is 0. The zero-order valence-electron chi connectivity index (χ0n) is 9.65. The summed E-state index contributed by atoms with van der Waals surface area (Å²) in [5.41, 5.74) is 0.0816. The monoisotopic (exact) mass is 184 g/mol. The van der Waals surface area contributed by atoms with E-state index in [4.69, 9.17) is 0 Å². The molecule has 1 rings (SSSR count). The van der Waals surface area contributed by atoms with Gasteiger partial charge in [-0.2, -0.15) is 0 Å². The van der Waals surface area contributed by atoms with Crippen molar-refractivity contribution in [2.24, 2.45) is 5.41 Å². The second-order valence-electron chi connectivity index (χ2n) is 3.75. The van der Waals surface area contributed by atoms with Gasteiger partial charge in [-0.05, 0) is 26.2 Å². The number of Topliss-reactive ketones (excluding diaryl/α,β-unsaturated/α-hetero) is 1. The van der Waals surface area contributed by atoms with Gasteiger partial charge in [0.05, 0.1) is 0 Å². The van der Waals surface area contributed by atoms with Crippen LogP contribution in [0.1, 0.15) is 66.2 Å². The number of rotatable bonds is 2. The average Bonchev–Trinajstić information content (AvgIpc) is 2.21. The van der Waals surface area contributed by atoms with E-state index in [9.17, 15) is 4.79 Å². The fourth-order valence-corrected chi connectivity index (χ4v) is 2.18. The van der Waals surface area contributed by atoms with Gasteiger partial charge < -0.3 is 0 Å². The SMILES string of the molecule is CC.CCC1(C(C)=O)CCCCC1. The van der Waals surface area contributed by atoms with E-state index in [1.54, 1.807) is 6.92 Å². The molecule has 0 atom stereocenters. The van der Waals surface area contributed by atoms with Crippen molar-refractivity contribution in [2.75, 3.05) is 0 Å². The van der Waals surface area contributed by atoms with Gasteiger partial charge in [-0.1, -0.05) is 40.0 Å². The highest BCUT2D eigenvalue weighted by molar-refractivity contribution is 5.82. The van der Waals surface area contributed by atoms with E-state index >= 15 is 0 Å². The zero-order valence-corrected chi connectivity index (χ0v) is 9.65. The third-order valence-electron chi connectivity index (χ3n) is 3.23. The van der Waals surface area contributed by atoms with Gasteiger partial charge in [-0.25, -0.2) is 0 Å². The Bertz CT molecular complexity index is 143. The van der Waals surface area contributed by atoms with Crippen molar-refractivity contribution in [3.63, 3.8) is 0 Å². The van der Waals surface area contributed by atoms with Gasteiger partial charge in [0.1, 0.15) is 5.78 Å². The zero-order chi connectivity index (χ0) is 10.3. The molecule has 0 saturated heterocycles. The summed E-state index contributed by atoms with van der Waals surface area (Å²) in [6.45, 7) is 7.90. The van der Waals surface area contributed by atoms with Crippen molar-refractivity contribution < 1.29 is 4.79 Å². The van der Waals surface area contributed by atoms with Gasteiger partial charge in [-0.3, -0.25) is 4.79 Å². The minimum Gasteiger partial charge on any atom is -0.299 e. The normalized spacial score (nSPS) is 20.0. The summed E-state index contributed by atoms with van der Waals surface area (Å²) in [5.74, 6) is 0.416. The molecule has 1 saturated carbocycles. The van der Waals surface area contributed by atoms with Crippen molar-refractivity contribution in [1.82, 2.24) is 0 Å². The summed E-state index contributed by atoms with van der Waals surface area (Å²) in [7, 11) is 0. The molecule has 0 aromatic carbocycles. The number of hydrogen-bond acceptors (Lipinski definition) is 1. The van der Waals surface area contributed by atoms with Crippen LogP contribution in [0.5, 0.6) is 0 Å². The number of ketones is 1. The Labute approximate surface area is 82.9 Å². The van der Waals surface area contributed by atoms with Crippen molar-refractivity contribution in [3.05, 3.63) is 0 Å². The van der Waals surface area contributed by atoms with Crippen LogP contribution >= 0.6 is 0 Å². The average molecular weight is 184 g/mol. The smallest absolute Gasteiger partial charge is 0.135 e. The largest absolute Gasteiger partial charge is 0.299 e. The van der Waals surface area contributed by atoms with Gasteiger partial charge in [0.2, 0.25) is 0 Å². The van der Waals surface area contributed by atoms with Crippen LogP contribution in [0, 0.1) is 5.41 Å². The molecule has 0 aromatic heterocycles. The number of hydrogen-bond donors (Lipinski definition) is 0. The van der Waals surface area contributed by atoms with Crippen LogP contribution in [-0.2, 0) is 4.79 Å². The van der Waals surface area contributed by atoms with E-state index in [-0.39, 0.29) is 5.41 Å². The molecule has 0 unspecified atom stereocenters. The minimum absolute atomic E-state index is 0.0816. The number of carbonyl (C=O) groups is 1. The molecule has 0 heterocycles. The number of carbonyl (C=O) groups excluding carboxylic acids is 1. The summed E-state index contributed by atoms with van der Waals surface area (Å²) < 4.78 is 0. The Balaban J connectivity index is 0.000000671. The Morgan fingerprint density at radius 2 is 1.62 bits per heavy atom. The van der Waals surface area contributed by atoms with Crippen LogP contribution in [0.3, 0.4) is 0 Å². The van der Waals surface area contributed by atoms with Crippen molar-refractivity contribution >= 4 is 5.78 Å². The van der Waals surface area contributed by atoms with E-state index in [1.165, 1.54) is 19.3 Å². The fraction of sp³-hybridized carbons (Fsp3) is 0.917. The van der Waals surface area contributed by atoms with Gasteiger partial charge in [0, 0.05) is 5.41 Å². The third kappa shape index (κ3) is 3.13. The van der Waals surface area contributed by atoms with Gasteiger partial charge in [0.15, 0.2) is 0 Å². The predicted molar refractivity (Wildman–Crippen MR) is 57.8 cm³/mol. The quantitative estimate of drug-likeness (QED) is 0.635. The highest BCUT2D eigenvalue weighted by Crippen LogP contribution is 2.39. The highest BCUT2D eigenvalue weighted by Gasteiger charge is 2.34. The fourth-order valence-electron chi connectivity index (χ4n) is 2.18. The highest BCUT2D eigenvalue weighted by atomic mass is 16.1. The molecule has 0 aromatic rings. The molecule has 1 aliphatic rings. The molecule has 0 spiro atoms. The lowest BCUT2D eigenvalue weighted by atomic mass is 9.70. The molecule has 0 amide bonds. The molecule has 1 fully saturated rings. The molecule has 13 heavy (non-hydrogen) atoms. The van der Waals surface area contributed by atoms with Crippen LogP contribution < -0.4 is 0 Å². The van der Waals surface area contributed by atoms with Crippen LogP contribution in [0.4, 0.5) is 0 Å². The second kappa shape index (κ2) is 6.17. The molecule has 0 radical (unpaired) electrons. The van der Waals surface area contributed by atoms with Crippen LogP contribution in [0.25, 0.3) is 0 Å². The van der Waals surface area contributed by atoms with Crippen LogP contribution in [0.2, 0.25) is 0 Å². The first-order valence-corrected chi connectivity index (χ1v) is 5.72. The Morgan fingerprint density at radius 1 is 1.15 bits per heavy atom. The van der Waals surface area contributed by atoms with Crippen molar-refractivity contribution in [3.8, 4) is 0 Å². The van der Waals surface area contributed by atoms with Crippen molar-refractivity contribution in [1.29, 1.82) is 0 Å². The summed E-state index contributed by atoms with van der Waals surface area (Å²) >= 11 is 0.